The first kappa shape index (κ1) is 11.9. The monoisotopic (exact) mass is 233 g/mol. The van der Waals surface area contributed by atoms with Gasteiger partial charge in [0, 0.05) is 13.1 Å². The summed E-state index contributed by atoms with van der Waals surface area (Å²) in [5, 5.41) is 0. The Kier molecular flexibility index (Phi) is 3.61. The third-order valence-electron chi connectivity index (χ3n) is 3.29. The SMILES string of the molecule is CC1CCCN(C(=O)c2cccc(N)n2)CC1. The minimum absolute atomic E-state index is 0.00593. The second-order valence-electron chi connectivity index (χ2n) is 4.78. The van der Waals surface area contributed by atoms with Crippen LogP contribution < -0.4 is 5.73 Å². The summed E-state index contributed by atoms with van der Waals surface area (Å²) < 4.78 is 0. The molecule has 1 atom stereocenters. The highest BCUT2D eigenvalue weighted by Gasteiger charge is 2.20. The molecule has 1 aliphatic rings. The van der Waals surface area contributed by atoms with Crippen LogP contribution in [0.4, 0.5) is 5.82 Å². The fourth-order valence-electron chi connectivity index (χ4n) is 2.20. The zero-order chi connectivity index (χ0) is 12.3. The van der Waals surface area contributed by atoms with E-state index in [0.29, 0.717) is 17.4 Å². The van der Waals surface area contributed by atoms with Crippen LogP contribution in [0.3, 0.4) is 0 Å². The second kappa shape index (κ2) is 5.17. The summed E-state index contributed by atoms with van der Waals surface area (Å²) in [5.41, 5.74) is 6.05. The largest absolute Gasteiger partial charge is 0.384 e. The molecule has 4 heteroatoms. The predicted octanol–water partition coefficient (Wildman–Crippen LogP) is 1.93. The van der Waals surface area contributed by atoms with Crippen LogP contribution in [-0.4, -0.2) is 28.9 Å². The number of likely N-dealkylation sites (tertiary alicyclic amines) is 1. The lowest BCUT2D eigenvalue weighted by Gasteiger charge is -2.19. The summed E-state index contributed by atoms with van der Waals surface area (Å²) in [4.78, 5) is 18.2. The number of carbonyl (C=O) groups excluding carboxylic acids is 1. The van der Waals surface area contributed by atoms with Gasteiger partial charge in [0.25, 0.3) is 5.91 Å². The van der Waals surface area contributed by atoms with E-state index in [1.807, 2.05) is 4.90 Å². The number of carbonyl (C=O) groups is 1. The Bertz CT molecular complexity index is 405. The van der Waals surface area contributed by atoms with E-state index in [9.17, 15) is 4.79 Å². The summed E-state index contributed by atoms with van der Waals surface area (Å²) in [6.07, 6.45) is 3.36. The number of nitrogens with zero attached hydrogens (tertiary/aromatic N) is 2. The van der Waals surface area contributed by atoms with Crippen LogP contribution in [0.1, 0.15) is 36.7 Å². The molecule has 0 aliphatic carbocycles. The Morgan fingerprint density at radius 1 is 1.41 bits per heavy atom. The molecular formula is C13H19N3O. The first-order valence-corrected chi connectivity index (χ1v) is 6.18. The van der Waals surface area contributed by atoms with Crippen molar-refractivity contribution in [3.8, 4) is 0 Å². The van der Waals surface area contributed by atoms with Gasteiger partial charge in [-0.15, -0.1) is 0 Å². The molecule has 2 heterocycles. The van der Waals surface area contributed by atoms with E-state index < -0.39 is 0 Å². The number of nitrogen functional groups attached to an aromatic ring is 1. The normalized spacial score (nSPS) is 21.0. The Labute approximate surface area is 102 Å². The predicted molar refractivity (Wildman–Crippen MR) is 67.6 cm³/mol. The first-order chi connectivity index (χ1) is 8.16. The van der Waals surface area contributed by atoms with E-state index in [0.717, 1.165) is 25.9 Å². The van der Waals surface area contributed by atoms with E-state index in [1.165, 1.54) is 6.42 Å². The number of hydrogen-bond acceptors (Lipinski definition) is 3. The lowest BCUT2D eigenvalue weighted by Crippen LogP contribution is -2.32. The maximum atomic E-state index is 12.2. The molecule has 0 saturated carbocycles. The number of nitrogens with two attached hydrogens (primary N) is 1. The molecule has 1 aliphatic heterocycles. The molecule has 1 amide bonds. The zero-order valence-electron chi connectivity index (χ0n) is 10.2. The van der Waals surface area contributed by atoms with Crippen LogP contribution >= 0.6 is 0 Å². The molecule has 4 nitrogen and oxygen atoms in total. The van der Waals surface area contributed by atoms with E-state index in [2.05, 4.69) is 11.9 Å². The van der Waals surface area contributed by atoms with E-state index in [4.69, 9.17) is 5.73 Å². The van der Waals surface area contributed by atoms with Gasteiger partial charge in [-0.2, -0.15) is 0 Å². The highest BCUT2D eigenvalue weighted by molar-refractivity contribution is 5.92. The number of amides is 1. The number of anilines is 1. The zero-order valence-corrected chi connectivity index (χ0v) is 10.2. The van der Waals surface area contributed by atoms with Gasteiger partial charge in [-0.1, -0.05) is 13.0 Å². The van der Waals surface area contributed by atoms with Crippen LogP contribution in [0.2, 0.25) is 0 Å². The molecule has 1 aromatic heterocycles. The van der Waals surface area contributed by atoms with Gasteiger partial charge in [0.1, 0.15) is 11.5 Å². The van der Waals surface area contributed by atoms with Gasteiger partial charge in [-0.3, -0.25) is 4.79 Å². The fourth-order valence-corrected chi connectivity index (χ4v) is 2.20. The standard InChI is InChI=1S/C13H19N3O/c1-10-4-3-8-16(9-7-10)13(17)11-5-2-6-12(14)15-11/h2,5-6,10H,3-4,7-9H2,1H3,(H2,14,15). The van der Waals surface area contributed by atoms with Gasteiger partial charge in [0.15, 0.2) is 0 Å². The summed E-state index contributed by atoms with van der Waals surface area (Å²) in [6, 6.07) is 5.20. The molecular weight excluding hydrogens is 214 g/mol. The Balaban J connectivity index is 2.09. The molecule has 1 saturated heterocycles. The summed E-state index contributed by atoms with van der Waals surface area (Å²) in [5.74, 6) is 1.12. The van der Waals surface area contributed by atoms with Gasteiger partial charge in [-0.25, -0.2) is 4.98 Å². The highest BCUT2D eigenvalue weighted by Crippen LogP contribution is 2.17. The maximum absolute atomic E-state index is 12.2. The van der Waals surface area contributed by atoms with E-state index in [1.54, 1.807) is 18.2 Å². The molecule has 1 fully saturated rings. The maximum Gasteiger partial charge on any atom is 0.272 e. The number of rotatable bonds is 1. The van der Waals surface area contributed by atoms with Crippen LogP contribution in [0.25, 0.3) is 0 Å². The highest BCUT2D eigenvalue weighted by atomic mass is 16.2. The molecule has 0 spiro atoms. The Hall–Kier alpha value is -1.58. The van der Waals surface area contributed by atoms with Crippen molar-refractivity contribution < 1.29 is 4.79 Å². The molecule has 2 N–H and O–H groups in total. The average molecular weight is 233 g/mol. The second-order valence-corrected chi connectivity index (χ2v) is 4.78. The van der Waals surface area contributed by atoms with Crippen molar-refractivity contribution in [1.82, 2.24) is 9.88 Å². The van der Waals surface area contributed by atoms with Gasteiger partial charge < -0.3 is 10.6 Å². The number of pyridine rings is 1. The fraction of sp³-hybridized carbons (Fsp3) is 0.538. The Morgan fingerprint density at radius 2 is 2.24 bits per heavy atom. The van der Waals surface area contributed by atoms with Gasteiger partial charge in [0.2, 0.25) is 0 Å². The lowest BCUT2D eigenvalue weighted by molar-refractivity contribution is 0.0754. The number of aromatic nitrogens is 1. The molecule has 0 bridgehead atoms. The van der Waals surface area contributed by atoms with Gasteiger partial charge in [0.05, 0.1) is 0 Å². The van der Waals surface area contributed by atoms with Gasteiger partial charge >= 0.3 is 0 Å². The number of hydrogen-bond donors (Lipinski definition) is 1. The molecule has 2 rings (SSSR count). The lowest BCUT2D eigenvalue weighted by atomic mass is 10.0. The van der Waals surface area contributed by atoms with Crippen molar-refractivity contribution in [2.75, 3.05) is 18.8 Å². The first-order valence-electron chi connectivity index (χ1n) is 6.18. The van der Waals surface area contributed by atoms with Crippen LogP contribution in [-0.2, 0) is 0 Å². The van der Waals surface area contributed by atoms with Crippen molar-refractivity contribution in [2.24, 2.45) is 5.92 Å². The van der Waals surface area contributed by atoms with E-state index >= 15 is 0 Å². The quantitative estimate of drug-likeness (QED) is 0.806. The van der Waals surface area contributed by atoms with Gasteiger partial charge in [-0.05, 0) is 37.3 Å². The molecule has 0 aromatic carbocycles. The summed E-state index contributed by atoms with van der Waals surface area (Å²) in [7, 11) is 0. The third kappa shape index (κ3) is 2.96. The van der Waals surface area contributed by atoms with Crippen molar-refractivity contribution in [1.29, 1.82) is 0 Å². The summed E-state index contributed by atoms with van der Waals surface area (Å²) >= 11 is 0. The summed E-state index contributed by atoms with van der Waals surface area (Å²) in [6.45, 7) is 3.91. The topological polar surface area (TPSA) is 59.2 Å². The van der Waals surface area contributed by atoms with Crippen LogP contribution in [0.5, 0.6) is 0 Å². The molecule has 17 heavy (non-hydrogen) atoms. The minimum Gasteiger partial charge on any atom is -0.384 e. The smallest absolute Gasteiger partial charge is 0.272 e. The van der Waals surface area contributed by atoms with Crippen molar-refractivity contribution in [3.63, 3.8) is 0 Å². The van der Waals surface area contributed by atoms with Crippen molar-refractivity contribution in [3.05, 3.63) is 23.9 Å². The molecule has 1 unspecified atom stereocenters. The molecule has 92 valence electrons. The minimum atomic E-state index is 0.00593. The van der Waals surface area contributed by atoms with Crippen molar-refractivity contribution in [2.45, 2.75) is 26.2 Å². The van der Waals surface area contributed by atoms with Crippen LogP contribution in [0.15, 0.2) is 18.2 Å². The Morgan fingerprint density at radius 3 is 3.00 bits per heavy atom. The molecule has 1 aromatic rings. The van der Waals surface area contributed by atoms with Crippen molar-refractivity contribution >= 4 is 11.7 Å². The van der Waals surface area contributed by atoms with E-state index in [-0.39, 0.29) is 5.91 Å². The molecule has 0 radical (unpaired) electrons. The van der Waals surface area contributed by atoms with Crippen LogP contribution in [0, 0.1) is 5.92 Å². The average Bonchev–Trinajstić information content (AvgIpc) is 2.53. The third-order valence-corrected chi connectivity index (χ3v) is 3.29.